The molecule has 2 N–H and O–H groups in total. The van der Waals surface area contributed by atoms with Gasteiger partial charge in [0.25, 0.3) is 0 Å². The summed E-state index contributed by atoms with van der Waals surface area (Å²) in [5.74, 6) is -3.58. The highest BCUT2D eigenvalue weighted by molar-refractivity contribution is 6.33. The van der Waals surface area contributed by atoms with Crippen LogP contribution in [0, 0.1) is 5.82 Å². The predicted molar refractivity (Wildman–Crippen MR) is 53.7 cm³/mol. The van der Waals surface area contributed by atoms with Crippen molar-refractivity contribution < 1.29 is 30.7 Å². The summed E-state index contributed by atoms with van der Waals surface area (Å²) >= 11 is 5.26. The van der Waals surface area contributed by atoms with Crippen molar-refractivity contribution >= 4 is 23.1 Å². The van der Waals surface area contributed by atoms with Gasteiger partial charge in [-0.2, -0.15) is 26.3 Å². The predicted octanol–water partition coefficient (Wildman–Crippen LogP) is 4.05. The van der Waals surface area contributed by atoms with Crippen molar-refractivity contribution in [2.45, 2.75) is 12.4 Å². The highest BCUT2D eigenvalue weighted by Crippen LogP contribution is 2.37. The number of alkyl halides is 6. The van der Waals surface area contributed by atoms with Crippen LogP contribution < -0.4 is 5.73 Å². The van der Waals surface area contributed by atoms with E-state index in [0.717, 1.165) is 0 Å². The van der Waals surface area contributed by atoms with Gasteiger partial charge in [0.05, 0.1) is 10.6 Å². The van der Waals surface area contributed by atoms with Crippen molar-refractivity contribution in [1.29, 1.82) is 0 Å². The van der Waals surface area contributed by atoms with E-state index in [2.05, 4.69) is 10.7 Å². The summed E-state index contributed by atoms with van der Waals surface area (Å²) in [5.41, 5.74) is 1.97. The van der Waals surface area contributed by atoms with Crippen molar-refractivity contribution in [2.24, 2.45) is 10.7 Å². The number of rotatable bonds is 1. The lowest BCUT2D eigenvalue weighted by Crippen LogP contribution is -2.31. The Balaban J connectivity index is 3.34. The Morgan fingerprint density at radius 3 is 2.00 bits per heavy atom. The fourth-order valence-electron chi connectivity index (χ4n) is 1.02. The molecule has 0 spiro atoms. The minimum atomic E-state index is -5.04. The molecule has 1 aromatic rings. The Morgan fingerprint density at radius 2 is 1.63 bits per heavy atom. The summed E-state index contributed by atoms with van der Waals surface area (Å²) in [6.07, 6.45) is -9.93. The van der Waals surface area contributed by atoms with Crippen LogP contribution in [0.1, 0.15) is 5.56 Å². The summed E-state index contributed by atoms with van der Waals surface area (Å²) in [7, 11) is 0. The maximum Gasteiger partial charge on any atom is 0.448 e. The minimum absolute atomic E-state index is 0.0195. The van der Waals surface area contributed by atoms with E-state index in [4.69, 9.17) is 11.6 Å². The molecule has 0 saturated heterocycles. The third-order valence-corrected chi connectivity index (χ3v) is 2.16. The zero-order chi connectivity index (χ0) is 15.0. The van der Waals surface area contributed by atoms with Crippen molar-refractivity contribution in [3.63, 3.8) is 0 Å². The first-order valence-corrected chi connectivity index (χ1v) is 4.78. The minimum Gasteiger partial charge on any atom is -0.380 e. The summed E-state index contributed by atoms with van der Waals surface area (Å²) in [5, 5.41) is -0.931. The Kier molecular flexibility index (Phi) is 3.99. The average Bonchev–Trinajstić information content (AvgIpc) is 2.19. The van der Waals surface area contributed by atoms with Crippen LogP contribution in [0.15, 0.2) is 17.1 Å². The van der Waals surface area contributed by atoms with Crippen molar-refractivity contribution in [1.82, 2.24) is 0 Å². The molecule has 0 bridgehead atoms. The molecule has 0 atom stereocenters. The number of benzene rings is 1. The second-order valence-corrected chi connectivity index (χ2v) is 3.69. The molecule has 0 aliphatic carbocycles. The van der Waals surface area contributed by atoms with E-state index >= 15 is 0 Å². The molecule has 0 fully saturated rings. The lowest BCUT2D eigenvalue weighted by Gasteiger charge is -2.10. The van der Waals surface area contributed by atoms with Crippen molar-refractivity contribution in [3.05, 3.63) is 28.5 Å². The maximum atomic E-state index is 13.3. The number of nitrogens with two attached hydrogens (primary N) is 1. The Hall–Kier alpha value is -1.51. The van der Waals surface area contributed by atoms with Crippen LogP contribution in [0.3, 0.4) is 0 Å². The summed E-state index contributed by atoms with van der Waals surface area (Å²) in [6.45, 7) is 0. The molecule has 0 aliphatic rings. The van der Waals surface area contributed by atoms with E-state index in [1.54, 1.807) is 0 Å². The lowest BCUT2D eigenvalue weighted by molar-refractivity contribution is -0.137. The van der Waals surface area contributed by atoms with Crippen LogP contribution in [0.4, 0.5) is 36.4 Å². The molecule has 0 aromatic heterocycles. The van der Waals surface area contributed by atoms with E-state index in [-0.39, 0.29) is 12.1 Å². The smallest absolute Gasteiger partial charge is 0.380 e. The van der Waals surface area contributed by atoms with Crippen molar-refractivity contribution in [3.8, 4) is 0 Å². The third-order valence-electron chi connectivity index (χ3n) is 1.87. The largest absolute Gasteiger partial charge is 0.448 e. The Bertz CT molecular complexity index is 495. The molecular formula is C9H4ClF7N2. The normalized spacial score (nSPS) is 13.8. The Labute approximate surface area is 106 Å². The number of aliphatic imine (C=N–C) groups is 1. The molecule has 1 aromatic carbocycles. The fourth-order valence-corrected chi connectivity index (χ4v) is 1.27. The molecule has 0 aliphatic heterocycles. The van der Waals surface area contributed by atoms with Gasteiger partial charge in [0.2, 0.25) is 5.84 Å². The van der Waals surface area contributed by atoms with E-state index in [0.29, 0.717) is 0 Å². The number of hydrogen-bond acceptors (Lipinski definition) is 1. The van der Waals surface area contributed by atoms with Gasteiger partial charge in [-0.15, -0.1) is 0 Å². The standard InChI is InChI=1S/C9H4ClF7N2/c10-4-1-3(8(12,13)14)2-5(11)6(4)19-7(18)9(15,16)17/h1-2H,(H2,18,19). The zero-order valence-electron chi connectivity index (χ0n) is 8.70. The van der Waals surface area contributed by atoms with E-state index in [1.165, 1.54) is 0 Å². The Morgan fingerprint density at radius 1 is 1.11 bits per heavy atom. The highest BCUT2D eigenvalue weighted by atomic mass is 35.5. The second kappa shape index (κ2) is 4.87. The quantitative estimate of drug-likeness (QED) is 0.474. The van der Waals surface area contributed by atoms with E-state index < -0.39 is 40.3 Å². The molecule has 106 valence electrons. The van der Waals surface area contributed by atoms with Gasteiger partial charge in [0.1, 0.15) is 5.69 Å². The number of amidine groups is 1. The summed E-state index contributed by atoms with van der Waals surface area (Å²) in [6, 6.07) is 0.238. The molecule has 0 amide bonds. The zero-order valence-corrected chi connectivity index (χ0v) is 9.46. The molecule has 2 nitrogen and oxygen atoms in total. The van der Waals surface area contributed by atoms with Gasteiger partial charge < -0.3 is 5.73 Å². The average molecular weight is 309 g/mol. The molecule has 0 heterocycles. The van der Waals surface area contributed by atoms with E-state index in [1.807, 2.05) is 0 Å². The number of hydrogen-bond donors (Lipinski definition) is 1. The topological polar surface area (TPSA) is 38.4 Å². The van der Waals surface area contributed by atoms with Gasteiger partial charge in [-0.1, -0.05) is 11.6 Å². The van der Waals surface area contributed by atoms with Crippen LogP contribution in [-0.4, -0.2) is 12.0 Å². The van der Waals surface area contributed by atoms with Crippen LogP contribution in [0.25, 0.3) is 0 Å². The first kappa shape index (κ1) is 15.5. The van der Waals surface area contributed by atoms with Gasteiger partial charge in [-0.05, 0) is 12.1 Å². The second-order valence-electron chi connectivity index (χ2n) is 3.28. The van der Waals surface area contributed by atoms with Crippen LogP contribution in [0.2, 0.25) is 5.02 Å². The molecule has 19 heavy (non-hydrogen) atoms. The molecule has 0 unspecified atom stereocenters. The molecule has 10 heteroatoms. The van der Waals surface area contributed by atoms with Gasteiger partial charge in [0, 0.05) is 0 Å². The first-order chi connectivity index (χ1) is 8.43. The van der Waals surface area contributed by atoms with Gasteiger partial charge in [-0.3, -0.25) is 0 Å². The SMILES string of the molecule is NC(=Nc1c(F)cc(C(F)(F)F)cc1Cl)C(F)(F)F. The fraction of sp³-hybridized carbons (Fsp3) is 0.222. The summed E-state index contributed by atoms with van der Waals surface area (Å²) in [4.78, 5) is 2.65. The molecule has 0 radical (unpaired) electrons. The molecular weight excluding hydrogens is 305 g/mol. The van der Waals surface area contributed by atoms with E-state index in [9.17, 15) is 30.7 Å². The van der Waals surface area contributed by atoms with Crippen LogP contribution in [0.5, 0.6) is 0 Å². The number of halogens is 8. The van der Waals surface area contributed by atoms with Crippen LogP contribution >= 0.6 is 11.6 Å². The summed E-state index contributed by atoms with van der Waals surface area (Å²) < 4.78 is 86.3. The molecule has 1 rings (SSSR count). The highest BCUT2D eigenvalue weighted by Gasteiger charge is 2.35. The third kappa shape index (κ3) is 3.72. The lowest BCUT2D eigenvalue weighted by atomic mass is 10.2. The number of nitrogens with zero attached hydrogens (tertiary/aromatic N) is 1. The molecule has 0 saturated carbocycles. The maximum absolute atomic E-state index is 13.3. The first-order valence-electron chi connectivity index (χ1n) is 4.40. The van der Waals surface area contributed by atoms with Gasteiger partial charge >= 0.3 is 12.4 Å². The van der Waals surface area contributed by atoms with Gasteiger partial charge in [-0.25, -0.2) is 9.38 Å². The van der Waals surface area contributed by atoms with Crippen LogP contribution in [-0.2, 0) is 6.18 Å². The monoisotopic (exact) mass is 308 g/mol. The van der Waals surface area contributed by atoms with Crippen molar-refractivity contribution in [2.75, 3.05) is 0 Å². The van der Waals surface area contributed by atoms with Gasteiger partial charge in [0.15, 0.2) is 5.82 Å².